The predicted molar refractivity (Wildman–Crippen MR) is 85.5 cm³/mol. The molecule has 1 aromatic rings. The van der Waals surface area contributed by atoms with Gasteiger partial charge in [0.05, 0.1) is 11.8 Å². The minimum atomic E-state index is -0.178. The van der Waals surface area contributed by atoms with Gasteiger partial charge < -0.3 is 0 Å². The van der Waals surface area contributed by atoms with Crippen molar-refractivity contribution >= 4 is 49.5 Å². The first-order valence-electron chi connectivity index (χ1n) is 7.10. The molecule has 0 radical (unpaired) electrons. The molecule has 3 aliphatic rings. The first-order chi connectivity index (χ1) is 10.0. The quantitative estimate of drug-likeness (QED) is 0.525. The van der Waals surface area contributed by atoms with E-state index in [9.17, 15) is 9.59 Å². The SMILES string of the molecule is Cc1cccc(N2C(=O)[C@@H]3[C@H]4C[C@@H]([C@H](Br)[C@H]4Br)[C@@H]3C2=O)n1. The topological polar surface area (TPSA) is 50.3 Å². The van der Waals surface area contributed by atoms with Crippen molar-refractivity contribution in [1.29, 1.82) is 0 Å². The summed E-state index contributed by atoms with van der Waals surface area (Å²) in [6, 6.07) is 5.44. The van der Waals surface area contributed by atoms with Gasteiger partial charge in [0.2, 0.25) is 11.8 Å². The standard InChI is InChI=1S/C15H14Br2N2O2/c1-6-3-2-4-9(18-6)19-14(20)10-7-5-8(11(10)15(19)21)13(17)12(7)16/h2-4,7-8,10-13H,5H2,1H3/t7-,8-,10-,11+,12+,13+/m1/s1. The number of alkyl halides is 2. The van der Waals surface area contributed by atoms with Gasteiger partial charge in [-0.15, -0.1) is 0 Å². The molecule has 1 aliphatic heterocycles. The third-order valence-electron chi connectivity index (χ3n) is 5.09. The maximum Gasteiger partial charge on any atom is 0.239 e. The number of nitrogens with zero attached hydrogens (tertiary/aromatic N) is 2. The van der Waals surface area contributed by atoms with Crippen molar-refractivity contribution in [3.8, 4) is 0 Å². The van der Waals surface area contributed by atoms with Crippen LogP contribution in [-0.2, 0) is 9.59 Å². The Morgan fingerprint density at radius 3 is 2.19 bits per heavy atom. The number of fused-ring (bicyclic) bond motifs is 5. The van der Waals surface area contributed by atoms with Crippen molar-refractivity contribution < 1.29 is 9.59 Å². The van der Waals surface area contributed by atoms with Gasteiger partial charge in [-0.1, -0.05) is 37.9 Å². The number of rotatable bonds is 1. The van der Waals surface area contributed by atoms with E-state index in [0.717, 1.165) is 12.1 Å². The summed E-state index contributed by atoms with van der Waals surface area (Å²) >= 11 is 7.38. The van der Waals surface area contributed by atoms with Gasteiger partial charge in [0.1, 0.15) is 5.82 Å². The lowest BCUT2D eigenvalue weighted by Gasteiger charge is -2.28. The highest BCUT2D eigenvalue weighted by Crippen LogP contribution is 2.60. The maximum absolute atomic E-state index is 12.8. The van der Waals surface area contributed by atoms with E-state index in [1.165, 1.54) is 4.90 Å². The summed E-state index contributed by atoms with van der Waals surface area (Å²) in [5.74, 6) is 0.465. The number of anilines is 1. The fourth-order valence-electron chi connectivity index (χ4n) is 4.23. The summed E-state index contributed by atoms with van der Waals surface area (Å²) in [7, 11) is 0. The summed E-state index contributed by atoms with van der Waals surface area (Å²) < 4.78 is 0. The van der Waals surface area contributed by atoms with E-state index in [1.807, 2.05) is 19.1 Å². The van der Waals surface area contributed by atoms with Crippen LogP contribution in [0.2, 0.25) is 0 Å². The number of carbonyl (C=O) groups excluding carboxylic acids is 2. The van der Waals surface area contributed by atoms with Crippen LogP contribution < -0.4 is 4.90 Å². The Balaban J connectivity index is 1.75. The van der Waals surface area contributed by atoms with Crippen LogP contribution in [0.25, 0.3) is 0 Å². The van der Waals surface area contributed by atoms with Crippen LogP contribution in [0.5, 0.6) is 0 Å². The zero-order valence-corrected chi connectivity index (χ0v) is 14.5. The third-order valence-corrected chi connectivity index (χ3v) is 8.30. The molecule has 2 saturated carbocycles. The van der Waals surface area contributed by atoms with Gasteiger partial charge in [0.15, 0.2) is 0 Å². The van der Waals surface area contributed by atoms with Crippen LogP contribution in [0, 0.1) is 30.6 Å². The van der Waals surface area contributed by atoms with Crippen molar-refractivity contribution in [3.05, 3.63) is 23.9 Å². The second-order valence-corrected chi connectivity index (χ2v) is 8.27. The molecular weight excluding hydrogens is 400 g/mol. The number of hydrogen-bond acceptors (Lipinski definition) is 3. The lowest BCUT2D eigenvalue weighted by Crippen LogP contribution is -2.37. The molecule has 0 aromatic carbocycles. The molecule has 1 aromatic heterocycles. The van der Waals surface area contributed by atoms with Crippen molar-refractivity contribution in [1.82, 2.24) is 4.98 Å². The van der Waals surface area contributed by atoms with Gasteiger partial charge in [-0.3, -0.25) is 9.59 Å². The third kappa shape index (κ3) is 1.75. The number of pyridine rings is 1. The maximum atomic E-state index is 12.8. The molecule has 2 aliphatic carbocycles. The van der Waals surface area contributed by atoms with Crippen LogP contribution in [-0.4, -0.2) is 26.5 Å². The lowest BCUT2D eigenvalue weighted by atomic mass is 9.81. The second kappa shape index (κ2) is 4.62. The summed E-state index contributed by atoms with van der Waals surface area (Å²) in [5.41, 5.74) is 0.810. The Labute approximate surface area is 139 Å². The normalized spacial score (nSPS) is 41.0. The van der Waals surface area contributed by atoms with Crippen molar-refractivity contribution in [2.75, 3.05) is 4.90 Å². The highest BCUT2D eigenvalue weighted by atomic mass is 79.9. The zero-order valence-electron chi connectivity index (χ0n) is 11.4. The smallest absolute Gasteiger partial charge is 0.239 e. The number of aromatic nitrogens is 1. The fraction of sp³-hybridized carbons (Fsp3) is 0.533. The largest absolute Gasteiger partial charge is 0.274 e. The minimum absolute atomic E-state index is 0.0700. The Morgan fingerprint density at radius 1 is 1.10 bits per heavy atom. The molecular formula is C15H14Br2N2O2. The monoisotopic (exact) mass is 412 g/mol. The van der Waals surface area contributed by atoms with Crippen molar-refractivity contribution in [3.63, 3.8) is 0 Å². The van der Waals surface area contributed by atoms with Gasteiger partial charge >= 0.3 is 0 Å². The van der Waals surface area contributed by atoms with E-state index < -0.39 is 0 Å². The summed E-state index contributed by atoms with van der Waals surface area (Å²) in [6.45, 7) is 1.86. The zero-order chi connectivity index (χ0) is 14.9. The average Bonchev–Trinajstić information content (AvgIpc) is 3.04. The van der Waals surface area contributed by atoms with E-state index in [1.54, 1.807) is 6.07 Å². The Hall–Kier alpha value is -0.750. The molecule has 2 amide bonds. The van der Waals surface area contributed by atoms with E-state index in [4.69, 9.17) is 0 Å². The number of aryl methyl sites for hydroxylation is 1. The number of hydrogen-bond donors (Lipinski definition) is 0. The van der Waals surface area contributed by atoms with E-state index in [-0.39, 0.29) is 45.1 Å². The number of amides is 2. The molecule has 6 heteroatoms. The van der Waals surface area contributed by atoms with Crippen molar-refractivity contribution in [2.45, 2.75) is 23.0 Å². The number of halogens is 2. The van der Waals surface area contributed by atoms with Crippen LogP contribution in [0.15, 0.2) is 18.2 Å². The molecule has 21 heavy (non-hydrogen) atoms. The van der Waals surface area contributed by atoms with Crippen LogP contribution in [0.1, 0.15) is 12.1 Å². The van der Waals surface area contributed by atoms with Gasteiger partial charge in [-0.05, 0) is 37.3 Å². The van der Waals surface area contributed by atoms with Crippen LogP contribution in [0.4, 0.5) is 5.82 Å². The van der Waals surface area contributed by atoms with Gasteiger partial charge in [-0.2, -0.15) is 0 Å². The highest BCUT2D eigenvalue weighted by Gasteiger charge is 2.66. The molecule has 4 nitrogen and oxygen atoms in total. The van der Waals surface area contributed by atoms with Gasteiger partial charge in [0.25, 0.3) is 0 Å². The molecule has 1 saturated heterocycles. The highest BCUT2D eigenvalue weighted by molar-refractivity contribution is 9.12. The predicted octanol–water partition coefficient (Wildman–Crippen LogP) is 2.67. The lowest BCUT2D eigenvalue weighted by molar-refractivity contribution is -0.123. The minimum Gasteiger partial charge on any atom is -0.274 e. The van der Waals surface area contributed by atoms with E-state index >= 15 is 0 Å². The average molecular weight is 414 g/mol. The Kier molecular flexibility index (Phi) is 3.05. The molecule has 0 unspecified atom stereocenters. The van der Waals surface area contributed by atoms with Gasteiger partial charge in [0, 0.05) is 15.3 Å². The summed E-state index contributed by atoms with van der Waals surface area (Å²) in [5, 5.41) is 0. The van der Waals surface area contributed by atoms with E-state index in [0.29, 0.717) is 5.82 Å². The number of carbonyl (C=O) groups is 2. The Morgan fingerprint density at radius 2 is 1.67 bits per heavy atom. The molecule has 3 fully saturated rings. The second-order valence-electron chi connectivity index (χ2n) is 6.15. The first-order valence-corrected chi connectivity index (χ1v) is 8.93. The summed E-state index contributed by atoms with van der Waals surface area (Å²) in [6.07, 6.45) is 0.952. The fourth-order valence-corrected chi connectivity index (χ4v) is 6.10. The van der Waals surface area contributed by atoms with Crippen molar-refractivity contribution in [2.24, 2.45) is 23.7 Å². The number of imide groups is 1. The van der Waals surface area contributed by atoms with Crippen LogP contribution in [0.3, 0.4) is 0 Å². The first kappa shape index (κ1) is 13.9. The molecule has 6 atom stereocenters. The molecule has 2 bridgehead atoms. The molecule has 4 rings (SSSR count). The van der Waals surface area contributed by atoms with Crippen LogP contribution >= 0.6 is 31.9 Å². The van der Waals surface area contributed by atoms with Gasteiger partial charge in [-0.25, -0.2) is 9.88 Å². The summed E-state index contributed by atoms with van der Waals surface area (Å²) in [4.78, 5) is 31.8. The molecule has 110 valence electrons. The molecule has 0 spiro atoms. The molecule has 0 N–H and O–H groups in total. The Bertz CT molecular complexity index is 618. The molecule has 2 heterocycles. The van der Waals surface area contributed by atoms with E-state index in [2.05, 4.69) is 36.8 Å².